The first-order valence-electron chi connectivity index (χ1n) is 12.1. The van der Waals surface area contributed by atoms with Crippen molar-refractivity contribution in [2.75, 3.05) is 50.7 Å². The van der Waals surface area contributed by atoms with Gasteiger partial charge < -0.3 is 29.5 Å². The Morgan fingerprint density at radius 3 is 2.44 bits per heavy atom. The number of benzene rings is 1. The van der Waals surface area contributed by atoms with E-state index in [4.69, 9.17) is 42.4 Å². The van der Waals surface area contributed by atoms with Crippen LogP contribution in [0.2, 0.25) is 10.0 Å². The topological polar surface area (TPSA) is 101 Å². The zero-order valence-corrected chi connectivity index (χ0v) is 22.7. The largest absolute Gasteiger partial charge is 0.495 e. The SMILES string of the molecule is C=CC(O)N[C@H]1COC[C@H]1Nc1cc2c(N3CC(F)(F)C3)nc(-c3c(Cl)c(OC)cc(OC)c3Cl)cc2cn1. The van der Waals surface area contributed by atoms with Gasteiger partial charge in [-0.1, -0.05) is 29.8 Å². The molecule has 39 heavy (non-hydrogen) atoms. The molecule has 2 aliphatic rings. The summed E-state index contributed by atoms with van der Waals surface area (Å²) in [4.78, 5) is 10.8. The van der Waals surface area contributed by atoms with Gasteiger partial charge in [-0.3, -0.25) is 5.32 Å². The Morgan fingerprint density at radius 2 is 1.82 bits per heavy atom. The van der Waals surface area contributed by atoms with Crippen LogP contribution in [-0.2, 0) is 4.74 Å². The van der Waals surface area contributed by atoms with Gasteiger partial charge in [0.2, 0.25) is 0 Å². The lowest BCUT2D eigenvalue weighted by Gasteiger charge is -2.40. The standard InChI is InChI=1S/C26H27Cl2F2N5O4/c1-4-21(36)33-17-10-39-9-16(17)32-20-6-14-13(8-31-20)5-15(34-25(14)35-11-26(29,30)12-35)22-23(27)18(37-2)7-19(38-3)24(22)28/h4-8,16-17,21,33,36H,1,9-12H2,2-3H3,(H,31,32)/t16-,17+,21?/m1/s1. The number of alkyl halides is 2. The minimum atomic E-state index is -2.82. The summed E-state index contributed by atoms with van der Waals surface area (Å²) >= 11 is 13.3. The lowest BCUT2D eigenvalue weighted by molar-refractivity contribution is -0.0265. The molecule has 2 aromatic heterocycles. The third kappa shape index (κ3) is 5.42. The number of aliphatic hydroxyl groups is 1. The predicted octanol–water partition coefficient (Wildman–Crippen LogP) is 4.35. The highest BCUT2D eigenvalue weighted by Crippen LogP contribution is 2.47. The average Bonchev–Trinajstić information content (AvgIpc) is 3.33. The van der Waals surface area contributed by atoms with E-state index in [-0.39, 0.29) is 22.1 Å². The summed E-state index contributed by atoms with van der Waals surface area (Å²) in [7, 11) is 2.93. The zero-order chi connectivity index (χ0) is 27.9. The molecular weight excluding hydrogens is 555 g/mol. The fourth-order valence-corrected chi connectivity index (χ4v) is 5.38. The molecule has 9 nitrogen and oxygen atoms in total. The van der Waals surface area contributed by atoms with Crippen LogP contribution in [0.15, 0.2) is 37.1 Å². The number of halogens is 4. The van der Waals surface area contributed by atoms with Crippen LogP contribution in [0, 0.1) is 0 Å². The highest BCUT2D eigenvalue weighted by Gasteiger charge is 2.45. The van der Waals surface area contributed by atoms with Crippen molar-refractivity contribution in [1.29, 1.82) is 0 Å². The smallest absolute Gasteiger partial charge is 0.282 e. The van der Waals surface area contributed by atoms with Gasteiger partial charge in [-0.2, -0.15) is 0 Å². The Balaban J connectivity index is 1.58. The number of nitrogens with one attached hydrogen (secondary N) is 2. The number of hydrogen-bond donors (Lipinski definition) is 3. The van der Waals surface area contributed by atoms with Crippen molar-refractivity contribution >= 4 is 45.6 Å². The van der Waals surface area contributed by atoms with Crippen molar-refractivity contribution in [3.63, 3.8) is 0 Å². The molecule has 208 valence electrons. The Morgan fingerprint density at radius 1 is 1.15 bits per heavy atom. The number of ether oxygens (including phenoxy) is 3. The first-order valence-corrected chi connectivity index (χ1v) is 12.8. The monoisotopic (exact) mass is 581 g/mol. The molecule has 4 heterocycles. The van der Waals surface area contributed by atoms with E-state index >= 15 is 0 Å². The zero-order valence-electron chi connectivity index (χ0n) is 21.2. The van der Waals surface area contributed by atoms with Crippen molar-refractivity contribution in [1.82, 2.24) is 15.3 Å². The molecule has 0 amide bonds. The van der Waals surface area contributed by atoms with Crippen LogP contribution in [0.3, 0.4) is 0 Å². The third-order valence-corrected chi connectivity index (χ3v) is 7.44. The maximum atomic E-state index is 13.9. The van der Waals surface area contributed by atoms with Crippen molar-refractivity contribution in [2.24, 2.45) is 0 Å². The number of methoxy groups -OCH3 is 2. The molecule has 2 aliphatic heterocycles. The predicted molar refractivity (Wildman–Crippen MR) is 147 cm³/mol. The number of aromatic nitrogens is 2. The number of rotatable bonds is 9. The summed E-state index contributed by atoms with van der Waals surface area (Å²) in [5.74, 6) is -1.33. The first-order chi connectivity index (χ1) is 18.6. The summed E-state index contributed by atoms with van der Waals surface area (Å²) in [6.45, 7) is 3.39. The minimum Gasteiger partial charge on any atom is -0.495 e. The summed E-state index contributed by atoms with van der Waals surface area (Å²) < 4.78 is 44.2. The van der Waals surface area contributed by atoms with E-state index < -0.39 is 25.2 Å². The van der Waals surface area contributed by atoms with E-state index in [2.05, 4.69) is 22.2 Å². The molecule has 1 unspecified atom stereocenters. The van der Waals surface area contributed by atoms with Crippen LogP contribution in [0.25, 0.3) is 22.0 Å². The summed E-state index contributed by atoms with van der Waals surface area (Å²) in [5, 5.41) is 17.9. The molecule has 5 rings (SSSR count). The average molecular weight is 582 g/mol. The van der Waals surface area contributed by atoms with Gasteiger partial charge >= 0.3 is 0 Å². The van der Waals surface area contributed by atoms with Crippen molar-refractivity contribution in [3.05, 3.63) is 47.1 Å². The van der Waals surface area contributed by atoms with E-state index in [1.165, 1.54) is 25.2 Å². The number of anilines is 2. The van der Waals surface area contributed by atoms with E-state index in [0.717, 1.165) is 0 Å². The maximum absolute atomic E-state index is 13.9. The second-order valence-corrected chi connectivity index (χ2v) is 10.1. The molecule has 3 aromatic rings. The second kappa shape index (κ2) is 10.9. The second-order valence-electron chi connectivity index (χ2n) is 9.36. The molecule has 0 spiro atoms. The van der Waals surface area contributed by atoms with Crippen LogP contribution in [0.5, 0.6) is 11.5 Å². The van der Waals surface area contributed by atoms with Gasteiger partial charge in [0.1, 0.15) is 29.4 Å². The van der Waals surface area contributed by atoms with Crippen LogP contribution < -0.4 is 25.0 Å². The van der Waals surface area contributed by atoms with Gasteiger partial charge in [0.05, 0.1) is 68.3 Å². The number of pyridine rings is 2. The first kappa shape index (κ1) is 27.6. The highest BCUT2D eigenvalue weighted by atomic mass is 35.5. The number of fused-ring (bicyclic) bond motifs is 1. The summed E-state index contributed by atoms with van der Waals surface area (Å²) in [5.41, 5.74) is 0.708. The Hall–Kier alpha value is -2.96. The molecule has 0 saturated carbocycles. The molecular formula is C26H27Cl2F2N5O4. The van der Waals surface area contributed by atoms with Gasteiger partial charge in [-0.25, -0.2) is 18.7 Å². The molecule has 3 atom stereocenters. The van der Waals surface area contributed by atoms with Gasteiger partial charge in [-0.05, 0) is 18.2 Å². The quantitative estimate of drug-likeness (QED) is 0.251. The van der Waals surface area contributed by atoms with Crippen molar-refractivity contribution < 1.29 is 28.1 Å². The fraction of sp³-hybridized carbons (Fsp3) is 0.385. The molecule has 13 heteroatoms. The Labute approximate surface area is 233 Å². The van der Waals surface area contributed by atoms with E-state index in [0.29, 0.717) is 58.4 Å². The Bertz CT molecular complexity index is 1380. The minimum absolute atomic E-state index is 0.197. The molecule has 2 fully saturated rings. The highest BCUT2D eigenvalue weighted by molar-refractivity contribution is 6.41. The van der Waals surface area contributed by atoms with Crippen LogP contribution in [0.4, 0.5) is 20.4 Å². The van der Waals surface area contributed by atoms with E-state index in [1.54, 1.807) is 24.4 Å². The summed E-state index contributed by atoms with van der Waals surface area (Å²) in [6, 6.07) is 4.66. The number of aliphatic hydroxyl groups excluding tert-OH is 1. The van der Waals surface area contributed by atoms with Gasteiger partial charge in [0.15, 0.2) is 0 Å². The van der Waals surface area contributed by atoms with Gasteiger partial charge in [0.25, 0.3) is 5.92 Å². The lowest BCUT2D eigenvalue weighted by Crippen LogP contribution is -2.56. The van der Waals surface area contributed by atoms with E-state index in [9.17, 15) is 13.9 Å². The van der Waals surface area contributed by atoms with Gasteiger partial charge in [-0.15, -0.1) is 0 Å². The maximum Gasteiger partial charge on any atom is 0.282 e. The fourth-order valence-electron chi connectivity index (χ4n) is 4.69. The number of hydrogen-bond acceptors (Lipinski definition) is 9. The molecule has 3 N–H and O–H groups in total. The normalized spacial score (nSPS) is 20.9. The molecule has 0 bridgehead atoms. The van der Waals surface area contributed by atoms with Crippen LogP contribution >= 0.6 is 23.2 Å². The van der Waals surface area contributed by atoms with Crippen molar-refractivity contribution in [3.8, 4) is 22.8 Å². The van der Waals surface area contributed by atoms with Crippen LogP contribution in [-0.4, -0.2) is 79.8 Å². The molecule has 0 radical (unpaired) electrons. The van der Waals surface area contributed by atoms with Crippen molar-refractivity contribution in [2.45, 2.75) is 24.2 Å². The van der Waals surface area contributed by atoms with E-state index in [1.807, 2.05) is 0 Å². The molecule has 2 saturated heterocycles. The van der Waals surface area contributed by atoms with Crippen LogP contribution in [0.1, 0.15) is 0 Å². The third-order valence-electron chi connectivity index (χ3n) is 6.69. The van der Waals surface area contributed by atoms with Gasteiger partial charge in [0, 0.05) is 28.6 Å². The molecule has 1 aromatic carbocycles. The molecule has 0 aliphatic carbocycles. The number of nitrogens with zero attached hydrogens (tertiary/aromatic N) is 3. The Kier molecular flexibility index (Phi) is 7.71. The summed E-state index contributed by atoms with van der Waals surface area (Å²) in [6.07, 6.45) is 2.13. The lowest BCUT2D eigenvalue weighted by atomic mass is 10.0.